The minimum absolute atomic E-state index is 0.246. The van der Waals surface area contributed by atoms with Crippen molar-refractivity contribution in [3.63, 3.8) is 0 Å². The van der Waals surface area contributed by atoms with Crippen molar-refractivity contribution in [1.29, 1.82) is 0 Å². The van der Waals surface area contributed by atoms with Gasteiger partial charge in [0.1, 0.15) is 0 Å². The number of hydrogen-bond donors (Lipinski definition) is 0. The Morgan fingerprint density at radius 1 is 1.56 bits per heavy atom. The average molecular weight is 218 g/mol. The molecule has 1 aliphatic heterocycles. The van der Waals surface area contributed by atoms with Gasteiger partial charge in [-0.05, 0) is 13.0 Å². The van der Waals surface area contributed by atoms with Crippen LogP contribution in [0.5, 0.6) is 0 Å². The number of carbonyl (C=O) groups is 2. The molecule has 1 unspecified atom stereocenters. The first-order valence-electron chi connectivity index (χ1n) is 4.93. The molecule has 0 fully saturated rings. The van der Waals surface area contributed by atoms with Crippen LogP contribution in [0.2, 0.25) is 0 Å². The second-order valence-electron chi connectivity index (χ2n) is 3.26. The van der Waals surface area contributed by atoms with Gasteiger partial charge in [-0.1, -0.05) is 0 Å². The molecule has 0 saturated heterocycles. The fourth-order valence-electron chi connectivity index (χ4n) is 1.48. The minimum atomic E-state index is -0.934. The molecule has 1 atom stereocenters. The van der Waals surface area contributed by atoms with Crippen LogP contribution in [0.4, 0.5) is 5.69 Å². The van der Waals surface area contributed by atoms with Crippen LogP contribution in [0.1, 0.15) is 17.3 Å². The third kappa shape index (κ3) is 1.71. The topological polar surface area (TPSA) is 68.6 Å². The first kappa shape index (κ1) is 10.5. The smallest absolute Gasteiger partial charge is 0.322 e. The molecule has 0 radical (unpaired) electrons. The van der Waals surface area contributed by atoms with E-state index in [4.69, 9.17) is 4.74 Å². The molecule has 0 aromatic carbocycles. The Balaban J connectivity index is 2.31. The number of hydrogen-bond acceptors (Lipinski definition) is 5. The quantitative estimate of drug-likeness (QED) is 0.551. The van der Waals surface area contributed by atoms with Crippen molar-refractivity contribution in [2.75, 3.05) is 6.61 Å². The fraction of sp³-hybridized carbons (Fsp3) is 0.273. The summed E-state index contributed by atoms with van der Waals surface area (Å²) in [5.74, 6) is -1.81. The van der Waals surface area contributed by atoms with Crippen molar-refractivity contribution in [3.05, 3.63) is 24.0 Å². The van der Waals surface area contributed by atoms with Crippen LogP contribution in [0.3, 0.4) is 0 Å². The van der Waals surface area contributed by atoms with E-state index in [1.54, 1.807) is 19.2 Å². The molecule has 2 rings (SSSR count). The number of aromatic nitrogens is 1. The molecule has 0 bridgehead atoms. The highest BCUT2D eigenvalue weighted by Gasteiger charge is 2.31. The predicted octanol–water partition coefficient (Wildman–Crippen LogP) is 1.16. The van der Waals surface area contributed by atoms with Crippen molar-refractivity contribution in [2.45, 2.75) is 6.92 Å². The van der Waals surface area contributed by atoms with E-state index in [-0.39, 0.29) is 12.4 Å². The first-order chi connectivity index (χ1) is 7.74. The van der Waals surface area contributed by atoms with E-state index in [2.05, 4.69) is 9.98 Å². The van der Waals surface area contributed by atoms with Gasteiger partial charge in [-0.25, -0.2) is 0 Å². The van der Waals surface area contributed by atoms with Gasteiger partial charge in [0.25, 0.3) is 0 Å². The Hall–Kier alpha value is -2.04. The van der Waals surface area contributed by atoms with Gasteiger partial charge in [0.05, 0.1) is 17.9 Å². The fourth-order valence-corrected chi connectivity index (χ4v) is 1.48. The minimum Gasteiger partial charge on any atom is -0.465 e. The summed E-state index contributed by atoms with van der Waals surface area (Å²) in [6.45, 7) is 1.94. The number of pyridine rings is 1. The summed E-state index contributed by atoms with van der Waals surface area (Å²) in [4.78, 5) is 31.2. The van der Waals surface area contributed by atoms with Crippen molar-refractivity contribution in [2.24, 2.45) is 10.9 Å². The normalized spacial score (nSPS) is 18.1. The van der Waals surface area contributed by atoms with Crippen molar-refractivity contribution < 1.29 is 14.3 Å². The van der Waals surface area contributed by atoms with Gasteiger partial charge in [0.15, 0.2) is 11.7 Å². The predicted molar refractivity (Wildman–Crippen MR) is 56.8 cm³/mol. The number of nitrogens with zero attached hydrogens (tertiary/aromatic N) is 2. The molecule has 1 aliphatic rings. The summed E-state index contributed by atoms with van der Waals surface area (Å²) < 4.78 is 4.80. The van der Waals surface area contributed by atoms with Crippen LogP contribution in [-0.2, 0) is 9.53 Å². The molecule has 0 amide bonds. The number of aliphatic imine (C=N–C) groups is 1. The summed E-state index contributed by atoms with van der Waals surface area (Å²) in [7, 11) is 0. The molecule has 1 aromatic heterocycles. The summed E-state index contributed by atoms with van der Waals surface area (Å²) >= 11 is 0. The lowest BCUT2D eigenvalue weighted by Gasteiger charge is -2.15. The average Bonchev–Trinajstić information content (AvgIpc) is 2.30. The molecule has 82 valence electrons. The number of Topliss-reactive ketones (excluding diaryl/α,β-unsaturated/α-hetero) is 1. The van der Waals surface area contributed by atoms with Gasteiger partial charge < -0.3 is 4.74 Å². The summed E-state index contributed by atoms with van der Waals surface area (Å²) in [6, 6.07) is 1.63. The largest absolute Gasteiger partial charge is 0.465 e. The lowest BCUT2D eigenvalue weighted by molar-refractivity contribution is -0.143. The van der Waals surface area contributed by atoms with Gasteiger partial charge in [0.2, 0.25) is 0 Å². The highest BCUT2D eigenvalue weighted by molar-refractivity contribution is 6.22. The Kier molecular flexibility index (Phi) is 2.76. The van der Waals surface area contributed by atoms with E-state index in [1.165, 1.54) is 12.4 Å². The van der Waals surface area contributed by atoms with Gasteiger partial charge in [-0.3, -0.25) is 19.6 Å². The molecule has 1 aromatic rings. The second-order valence-corrected chi connectivity index (χ2v) is 3.26. The molecule has 0 aliphatic carbocycles. The highest BCUT2D eigenvalue weighted by Crippen LogP contribution is 2.25. The Morgan fingerprint density at radius 3 is 3.12 bits per heavy atom. The van der Waals surface area contributed by atoms with E-state index in [1.807, 2.05) is 0 Å². The maximum Gasteiger partial charge on any atom is 0.322 e. The van der Waals surface area contributed by atoms with E-state index in [0.717, 1.165) is 0 Å². The highest BCUT2D eigenvalue weighted by atomic mass is 16.5. The van der Waals surface area contributed by atoms with Crippen LogP contribution in [0.15, 0.2) is 23.5 Å². The van der Waals surface area contributed by atoms with E-state index in [0.29, 0.717) is 11.3 Å². The number of ketones is 1. The monoisotopic (exact) mass is 218 g/mol. The van der Waals surface area contributed by atoms with Crippen LogP contribution in [0, 0.1) is 5.92 Å². The molecule has 0 spiro atoms. The third-order valence-corrected chi connectivity index (χ3v) is 2.25. The van der Waals surface area contributed by atoms with Gasteiger partial charge >= 0.3 is 5.97 Å². The number of ether oxygens (including phenoxy) is 1. The number of fused-ring (bicyclic) bond motifs is 1. The van der Waals surface area contributed by atoms with E-state index in [9.17, 15) is 9.59 Å². The Bertz CT molecular complexity index is 468. The molecular formula is C11H10N2O3. The van der Waals surface area contributed by atoms with E-state index < -0.39 is 11.9 Å². The zero-order valence-corrected chi connectivity index (χ0v) is 8.71. The van der Waals surface area contributed by atoms with Crippen LogP contribution in [-0.4, -0.2) is 29.6 Å². The standard InChI is InChI=1S/C11H10N2O3/c1-2-16-11(15)8-6-13-9-3-4-12-5-7(9)10(8)14/h3-6,8H,2H2,1H3. The SMILES string of the molecule is CCOC(=O)C1C=Nc2ccncc2C1=O. The third-order valence-electron chi connectivity index (χ3n) is 2.25. The van der Waals surface area contributed by atoms with Crippen LogP contribution in [0.25, 0.3) is 0 Å². The van der Waals surface area contributed by atoms with Gasteiger partial charge in [-0.15, -0.1) is 0 Å². The lowest BCUT2D eigenvalue weighted by atomic mass is 9.96. The zero-order chi connectivity index (χ0) is 11.5. The summed E-state index contributed by atoms with van der Waals surface area (Å²) in [5, 5.41) is 0. The van der Waals surface area contributed by atoms with Gasteiger partial charge in [-0.2, -0.15) is 0 Å². The molecule has 2 heterocycles. The molecule has 5 nitrogen and oxygen atoms in total. The maximum atomic E-state index is 11.9. The number of esters is 1. The van der Waals surface area contributed by atoms with Crippen molar-refractivity contribution >= 4 is 23.7 Å². The summed E-state index contributed by atoms with van der Waals surface area (Å²) in [5.41, 5.74) is 0.906. The van der Waals surface area contributed by atoms with Crippen molar-refractivity contribution in [3.8, 4) is 0 Å². The molecule has 0 saturated carbocycles. The lowest BCUT2D eigenvalue weighted by Crippen LogP contribution is -2.29. The van der Waals surface area contributed by atoms with Crippen molar-refractivity contribution in [1.82, 2.24) is 4.98 Å². The van der Waals surface area contributed by atoms with E-state index >= 15 is 0 Å². The molecule has 0 N–H and O–H groups in total. The molecule has 16 heavy (non-hydrogen) atoms. The maximum absolute atomic E-state index is 11.9. The Labute approximate surface area is 92.2 Å². The molecule has 5 heteroatoms. The zero-order valence-electron chi connectivity index (χ0n) is 8.71. The van der Waals surface area contributed by atoms with Crippen LogP contribution < -0.4 is 0 Å². The summed E-state index contributed by atoms with van der Waals surface area (Å²) in [6.07, 6.45) is 4.29. The number of rotatable bonds is 2. The van der Waals surface area contributed by atoms with Crippen LogP contribution >= 0.6 is 0 Å². The first-order valence-corrected chi connectivity index (χ1v) is 4.93. The van der Waals surface area contributed by atoms with Gasteiger partial charge in [0, 0.05) is 18.6 Å². The number of carbonyl (C=O) groups excluding carboxylic acids is 2. The molecular weight excluding hydrogens is 208 g/mol. The second kappa shape index (κ2) is 4.22. The Morgan fingerprint density at radius 2 is 2.38 bits per heavy atom.